The van der Waals surface area contributed by atoms with Crippen LogP contribution in [0.4, 0.5) is 18.0 Å². The van der Waals surface area contributed by atoms with Gasteiger partial charge >= 0.3 is 18.1 Å². The van der Waals surface area contributed by atoms with Crippen molar-refractivity contribution in [1.29, 1.82) is 0 Å². The predicted molar refractivity (Wildman–Crippen MR) is 90.8 cm³/mol. The summed E-state index contributed by atoms with van der Waals surface area (Å²) in [5.74, 6) is -1.25. The minimum Gasteiger partial charge on any atom is -0.443 e. The van der Waals surface area contributed by atoms with Crippen molar-refractivity contribution in [3.63, 3.8) is 0 Å². The Morgan fingerprint density at radius 1 is 1.26 bits per heavy atom. The van der Waals surface area contributed by atoms with E-state index in [-0.39, 0.29) is 6.03 Å². The number of carbonyl (C=O) groups is 1. The van der Waals surface area contributed by atoms with Crippen molar-refractivity contribution in [2.24, 2.45) is 5.10 Å². The third-order valence-corrected chi connectivity index (χ3v) is 4.35. The summed E-state index contributed by atoms with van der Waals surface area (Å²) in [4.78, 5) is 15.7. The second-order valence-electron chi connectivity index (χ2n) is 6.43. The Morgan fingerprint density at radius 3 is 2.44 bits per heavy atom. The number of amides is 2. The van der Waals surface area contributed by atoms with Crippen LogP contribution in [0.3, 0.4) is 0 Å². The summed E-state index contributed by atoms with van der Waals surface area (Å²) < 4.78 is 48.4. The molecule has 1 aromatic rings. The van der Waals surface area contributed by atoms with Crippen LogP contribution in [-0.2, 0) is 16.0 Å². The van der Waals surface area contributed by atoms with Crippen LogP contribution in [-0.4, -0.2) is 73.3 Å². The molecular weight excluding hydrogens is 365 g/mol. The SMILES string of the molecule is CN(Cc1ccc(C2OC(C(F)(F)F)=NN2C)cc1)C(=O)N1CCOCC1. The van der Waals surface area contributed by atoms with Crippen LogP contribution in [0.15, 0.2) is 29.4 Å². The smallest absolute Gasteiger partial charge is 0.443 e. The number of urea groups is 1. The number of hydrogen-bond acceptors (Lipinski definition) is 5. The van der Waals surface area contributed by atoms with Gasteiger partial charge in [-0.05, 0) is 5.56 Å². The summed E-state index contributed by atoms with van der Waals surface area (Å²) in [6.45, 7) is 2.59. The van der Waals surface area contributed by atoms with Crippen molar-refractivity contribution in [2.75, 3.05) is 40.4 Å². The van der Waals surface area contributed by atoms with E-state index >= 15 is 0 Å². The number of halogens is 3. The molecule has 10 heteroatoms. The van der Waals surface area contributed by atoms with Gasteiger partial charge < -0.3 is 19.3 Å². The minimum absolute atomic E-state index is 0.0792. The maximum absolute atomic E-state index is 12.7. The highest BCUT2D eigenvalue weighted by Gasteiger charge is 2.44. The zero-order valence-corrected chi connectivity index (χ0v) is 15.1. The lowest BCUT2D eigenvalue weighted by Gasteiger charge is -2.31. The van der Waals surface area contributed by atoms with E-state index in [1.54, 1.807) is 41.1 Å². The Bertz CT molecular complexity index is 702. The van der Waals surface area contributed by atoms with Crippen LogP contribution < -0.4 is 0 Å². The number of nitrogens with zero attached hydrogens (tertiary/aromatic N) is 4. The van der Waals surface area contributed by atoms with Crippen molar-refractivity contribution >= 4 is 11.9 Å². The summed E-state index contributed by atoms with van der Waals surface area (Å²) in [5.41, 5.74) is 1.41. The van der Waals surface area contributed by atoms with Gasteiger partial charge in [-0.2, -0.15) is 13.2 Å². The molecule has 0 N–H and O–H groups in total. The highest BCUT2D eigenvalue weighted by Crippen LogP contribution is 2.32. The van der Waals surface area contributed by atoms with Gasteiger partial charge in [0.25, 0.3) is 0 Å². The average molecular weight is 386 g/mol. The van der Waals surface area contributed by atoms with Gasteiger partial charge in [0.05, 0.1) is 13.2 Å². The largest absolute Gasteiger partial charge is 0.470 e. The third kappa shape index (κ3) is 4.44. The van der Waals surface area contributed by atoms with Crippen molar-refractivity contribution in [1.82, 2.24) is 14.8 Å². The van der Waals surface area contributed by atoms with E-state index in [9.17, 15) is 18.0 Å². The van der Waals surface area contributed by atoms with Crippen LogP contribution >= 0.6 is 0 Å². The summed E-state index contributed by atoms with van der Waals surface area (Å²) in [6, 6.07) is 6.81. The second kappa shape index (κ2) is 7.63. The molecule has 0 aromatic heterocycles. The first-order chi connectivity index (χ1) is 12.8. The number of carbonyl (C=O) groups excluding carboxylic acids is 1. The molecule has 1 unspecified atom stereocenters. The molecular formula is C17H21F3N4O3. The number of morpholine rings is 1. The highest BCUT2D eigenvalue weighted by molar-refractivity contribution is 5.82. The van der Waals surface area contributed by atoms with Crippen molar-refractivity contribution in [2.45, 2.75) is 18.9 Å². The summed E-state index contributed by atoms with van der Waals surface area (Å²) in [7, 11) is 3.13. The van der Waals surface area contributed by atoms with E-state index in [2.05, 4.69) is 5.10 Å². The van der Waals surface area contributed by atoms with Crippen LogP contribution in [0, 0.1) is 0 Å². The zero-order valence-electron chi connectivity index (χ0n) is 15.1. The van der Waals surface area contributed by atoms with Crippen LogP contribution in [0.5, 0.6) is 0 Å². The molecule has 0 saturated carbocycles. The molecule has 148 valence electrons. The molecule has 1 fully saturated rings. The molecule has 0 spiro atoms. The van der Waals surface area contributed by atoms with Crippen LogP contribution in [0.2, 0.25) is 0 Å². The molecule has 2 aliphatic heterocycles. The molecule has 0 aliphatic carbocycles. The molecule has 3 rings (SSSR count). The van der Waals surface area contributed by atoms with Gasteiger partial charge in [-0.15, -0.1) is 5.10 Å². The number of hydrazone groups is 1. The fourth-order valence-corrected chi connectivity index (χ4v) is 2.93. The van der Waals surface area contributed by atoms with Crippen LogP contribution in [0.25, 0.3) is 0 Å². The highest BCUT2D eigenvalue weighted by atomic mass is 19.4. The lowest BCUT2D eigenvalue weighted by Crippen LogP contribution is -2.46. The number of benzene rings is 1. The van der Waals surface area contributed by atoms with E-state index in [0.717, 1.165) is 10.6 Å². The quantitative estimate of drug-likeness (QED) is 0.801. The number of alkyl halides is 3. The normalized spacial score (nSPS) is 20.3. The summed E-state index contributed by atoms with van der Waals surface area (Å²) in [6.07, 6.45) is -5.55. The number of rotatable bonds is 3. The van der Waals surface area contributed by atoms with E-state index in [0.29, 0.717) is 38.4 Å². The van der Waals surface area contributed by atoms with E-state index in [1.165, 1.54) is 7.05 Å². The molecule has 2 aliphatic rings. The predicted octanol–water partition coefficient (Wildman–Crippen LogP) is 2.41. The number of ether oxygens (including phenoxy) is 2. The van der Waals surface area contributed by atoms with Gasteiger partial charge in [-0.25, -0.2) is 4.79 Å². The van der Waals surface area contributed by atoms with Crippen molar-refractivity contribution < 1.29 is 27.4 Å². The standard InChI is InChI=1S/C17H21F3N4O3/c1-22(16(25)24-7-9-26-10-8-24)11-12-3-5-13(6-4-12)14-23(2)21-15(27-14)17(18,19)20/h3-6,14H,7-11H2,1-2H3. The van der Waals surface area contributed by atoms with Gasteiger partial charge in [0.1, 0.15) is 0 Å². The van der Waals surface area contributed by atoms with Gasteiger partial charge in [0, 0.05) is 39.3 Å². The Labute approximate surface area is 154 Å². The fraction of sp³-hybridized carbons (Fsp3) is 0.529. The van der Waals surface area contributed by atoms with Crippen molar-refractivity contribution in [3.8, 4) is 0 Å². The maximum atomic E-state index is 12.7. The monoisotopic (exact) mass is 386 g/mol. The molecule has 0 bridgehead atoms. The maximum Gasteiger partial charge on any atom is 0.470 e. The molecule has 7 nitrogen and oxygen atoms in total. The van der Waals surface area contributed by atoms with Gasteiger partial charge in [-0.1, -0.05) is 24.3 Å². The van der Waals surface area contributed by atoms with Gasteiger partial charge in [0.2, 0.25) is 6.23 Å². The first-order valence-corrected chi connectivity index (χ1v) is 8.47. The summed E-state index contributed by atoms with van der Waals surface area (Å²) in [5, 5.41) is 4.53. The Morgan fingerprint density at radius 2 is 1.89 bits per heavy atom. The summed E-state index contributed by atoms with van der Waals surface area (Å²) >= 11 is 0. The molecule has 1 aromatic carbocycles. The first-order valence-electron chi connectivity index (χ1n) is 8.47. The van der Waals surface area contributed by atoms with E-state index in [1.807, 2.05) is 0 Å². The zero-order chi connectivity index (χ0) is 19.6. The third-order valence-electron chi connectivity index (χ3n) is 4.35. The second-order valence-corrected chi connectivity index (χ2v) is 6.43. The lowest BCUT2D eigenvalue weighted by molar-refractivity contribution is -0.0820. The first kappa shape index (κ1) is 19.3. The number of hydrogen-bond donors (Lipinski definition) is 0. The minimum atomic E-state index is -4.62. The van der Waals surface area contributed by atoms with E-state index < -0.39 is 18.3 Å². The molecule has 27 heavy (non-hydrogen) atoms. The molecule has 2 heterocycles. The Kier molecular flexibility index (Phi) is 5.45. The molecule has 1 atom stereocenters. The average Bonchev–Trinajstić information content (AvgIpc) is 3.04. The van der Waals surface area contributed by atoms with Gasteiger partial charge in [0.15, 0.2) is 0 Å². The molecule has 2 amide bonds. The molecule has 1 saturated heterocycles. The Balaban J connectivity index is 1.60. The lowest BCUT2D eigenvalue weighted by atomic mass is 10.1. The molecule has 0 radical (unpaired) electrons. The van der Waals surface area contributed by atoms with E-state index in [4.69, 9.17) is 9.47 Å². The topological polar surface area (TPSA) is 57.6 Å². The van der Waals surface area contributed by atoms with Gasteiger partial charge in [-0.3, -0.25) is 5.01 Å². The fourth-order valence-electron chi connectivity index (χ4n) is 2.93. The van der Waals surface area contributed by atoms with Crippen molar-refractivity contribution in [3.05, 3.63) is 35.4 Å². The van der Waals surface area contributed by atoms with Crippen LogP contribution in [0.1, 0.15) is 17.4 Å². The Hall–Kier alpha value is -2.49.